The molecule has 1 unspecified atom stereocenters. The van der Waals surface area contributed by atoms with Crippen molar-refractivity contribution in [2.24, 2.45) is 5.73 Å². The third-order valence-electron chi connectivity index (χ3n) is 2.60. The third kappa shape index (κ3) is 3.32. The Bertz CT molecular complexity index is 436. The van der Waals surface area contributed by atoms with Gasteiger partial charge in [0.1, 0.15) is 5.75 Å². The van der Waals surface area contributed by atoms with Gasteiger partial charge >= 0.3 is 0 Å². The molecule has 2 nitrogen and oxygen atoms in total. The van der Waals surface area contributed by atoms with Crippen molar-refractivity contribution in [3.63, 3.8) is 0 Å². The summed E-state index contributed by atoms with van der Waals surface area (Å²) in [6, 6.07) is 12.4. The van der Waals surface area contributed by atoms with Crippen LogP contribution in [0.25, 0.3) is 0 Å². The van der Waals surface area contributed by atoms with Gasteiger partial charge in [-0.2, -0.15) is 0 Å². The van der Waals surface area contributed by atoms with Gasteiger partial charge in [0.15, 0.2) is 0 Å². The molecule has 1 aromatic carbocycles. The predicted octanol–water partition coefficient (Wildman–Crippen LogP) is 3.39. The number of rotatable bonds is 5. The second-order valence-electron chi connectivity index (χ2n) is 3.90. The Morgan fingerprint density at radius 2 is 2.00 bits per heavy atom. The van der Waals surface area contributed by atoms with Crippen LogP contribution in [0.2, 0.25) is 0 Å². The van der Waals surface area contributed by atoms with Crippen molar-refractivity contribution in [2.75, 3.05) is 6.61 Å². The van der Waals surface area contributed by atoms with Gasteiger partial charge in [-0.3, -0.25) is 0 Å². The summed E-state index contributed by atoms with van der Waals surface area (Å²) < 4.78 is 5.41. The Kier molecular flexibility index (Phi) is 4.18. The maximum Gasteiger partial charge on any atom is 0.119 e. The second kappa shape index (κ2) is 5.84. The monoisotopic (exact) mass is 247 g/mol. The highest BCUT2D eigenvalue weighted by molar-refractivity contribution is 7.10. The fourth-order valence-corrected chi connectivity index (χ4v) is 2.47. The summed E-state index contributed by atoms with van der Waals surface area (Å²) in [5.41, 5.74) is 7.39. The van der Waals surface area contributed by atoms with E-state index in [4.69, 9.17) is 10.5 Å². The van der Waals surface area contributed by atoms with E-state index < -0.39 is 0 Å². The van der Waals surface area contributed by atoms with Crippen LogP contribution in [0, 0.1) is 0 Å². The van der Waals surface area contributed by atoms with E-state index in [1.165, 1.54) is 10.4 Å². The number of benzene rings is 1. The molecule has 0 bridgehead atoms. The molecule has 17 heavy (non-hydrogen) atoms. The summed E-state index contributed by atoms with van der Waals surface area (Å²) in [6.45, 7) is 2.69. The normalized spacial score (nSPS) is 12.4. The first-order chi connectivity index (χ1) is 8.29. The van der Waals surface area contributed by atoms with E-state index in [0.29, 0.717) is 6.61 Å². The molecule has 0 spiro atoms. The minimum atomic E-state index is 0.0907. The Hall–Kier alpha value is -1.32. The maximum absolute atomic E-state index is 6.15. The summed E-state index contributed by atoms with van der Waals surface area (Å²) in [4.78, 5) is 1.24. The molecule has 2 aromatic rings. The van der Waals surface area contributed by atoms with E-state index in [9.17, 15) is 0 Å². The van der Waals surface area contributed by atoms with Gasteiger partial charge in [-0.05, 0) is 42.5 Å². The highest BCUT2D eigenvalue weighted by Crippen LogP contribution is 2.21. The van der Waals surface area contributed by atoms with E-state index >= 15 is 0 Å². The molecule has 0 fully saturated rings. The van der Waals surface area contributed by atoms with Crippen LogP contribution in [-0.4, -0.2) is 6.61 Å². The summed E-state index contributed by atoms with van der Waals surface area (Å²) in [5, 5.41) is 2.06. The van der Waals surface area contributed by atoms with Crippen molar-refractivity contribution >= 4 is 11.3 Å². The van der Waals surface area contributed by atoms with Gasteiger partial charge in [0, 0.05) is 10.9 Å². The zero-order valence-corrected chi connectivity index (χ0v) is 10.7. The minimum Gasteiger partial charge on any atom is -0.494 e. The van der Waals surface area contributed by atoms with E-state index in [-0.39, 0.29) is 6.04 Å². The Morgan fingerprint density at radius 3 is 2.59 bits per heavy atom. The van der Waals surface area contributed by atoms with E-state index in [1.807, 2.05) is 25.1 Å². The fourth-order valence-electron chi connectivity index (χ4n) is 1.75. The van der Waals surface area contributed by atoms with Gasteiger partial charge in [0.05, 0.1) is 6.61 Å². The van der Waals surface area contributed by atoms with Crippen molar-refractivity contribution < 1.29 is 4.74 Å². The quantitative estimate of drug-likeness (QED) is 0.879. The SMILES string of the molecule is CCOc1ccc(CC(N)c2cccs2)cc1. The van der Waals surface area contributed by atoms with Gasteiger partial charge < -0.3 is 10.5 Å². The summed E-state index contributed by atoms with van der Waals surface area (Å²) in [7, 11) is 0. The van der Waals surface area contributed by atoms with E-state index in [2.05, 4.69) is 23.6 Å². The molecule has 1 aromatic heterocycles. The van der Waals surface area contributed by atoms with Crippen LogP contribution in [-0.2, 0) is 6.42 Å². The number of hydrogen-bond acceptors (Lipinski definition) is 3. The van der Waals surface area contributed by atoms with E-state index in [1.54, 1.807) is 11.3 Å². The number of ether oxygens (including phenoxy) is 1. The van der Waals surface area contributed by atoms with Crippen molar-refractivity contribution in [3.05, 3.63) is 52.2 Å². The van der Waals surface area contributed by atoms with Crippen LogP contribution in [0.5, 0.6) is 5.75 Å². The number of hydrogen-bond donors (Lipinski definition) is 1. The smallest absolute Gasteiger partial charge is 0.119 e. The van der Waals surface area contributed by atoms with Crippen molar-refractivity contribution in [1.82, 2.24) is 0 Å². The van der Waals surface area contributed by atoms with Gasteiger partial charge in [-0.1, -0.05) is 18.2 Å². The average molecular weight is 247 g/mol. The van der Waals surface area contributed by atoms with Gasteiger partial charge in [0.2, 0.25) is 0 Å². The zero-order chi connectivity index (χ0) is 12.1. The number of nitrogens with two attached hydrogens (primary N) is 1. The lowest BCUT2D eigenvalue weighted by atomic mass is 10.1. The molecule has 1 heterocycles. The predicted molar refractivity (Wildman–Crippen MR) is 72.6 cm³/mol. The second-order valence-corrected chi connectivity index (χ2v) is 4.88. The van der Waals surface area contributed by atoms with Gasteiger partial charge in [-0.25, -0.2) is 0 Å². The Balaban J connectivity index is 1.99. The third-order valence-corrected chi connectivity index (χ3v) is 3.60. The molecule has 0 radical (unpaired) electrons. The lowest BCUT2D eigenvalue weighted by molar-refractivity contribution is 0.340. The summed E-state index contributed by atoms with van der Waals surface area (Å²) in [5.74, 6) is 0.918. The van der Waals surface area contributed by atoms with Crippen molar-refractivity contribution in [2.45, 2.75) is 19.4 Å². The van der Waals surface area contributed by atoms with Crippen LogP contribution in [0.15, 0.2) is 41.8 Å². The molecule has 2 rings (SSSR count). The zero-order valence-electron chi connectivity index (χ0n) is 9.93. The van der Waals surface area contributed by atoms with Crippen LogP contribution in [0.4, 0.5) is 0 Å². The number of thiophene rings is 1. The molecule has 2 N–H and O–H groups in total. The molecule has 3 heteroatoms. The standard InChI is InChI=1S/C14H17NOS/c1-2-16-12-7-5-11(6-8-12)10-13(15)14-4-3-9-17-14/h3-9,13H,2,10,15H2,1H3. The minimum absolute atomic E-state index is 0.0907. The first kappa shape index (κ1) is 12.1. The summed E-state index contributed by atoms with van der Waals surface area (Å²) >= 11 is 1.71. The highest BCUT2D eigenvalue weighted by Gasteiger charge is 2.07. The van der Waals surface area contributed by atoms with Crippen LogP contribution in [0.1, 0.15) is 23.4 Å². The lowest BCUT2D eigenvalue weighted by Crippen LogP contribution is -2.11. The Morgan fingerprint density at radius 1 is 1.24 bits per heavy atom. The molecule has 0 saturated carbocycles. The van der Waals surface area contributed by atoms with Crippen LogP contribution < -0.4 is 10.5 Å². The molecule has 0 aliphatic rings. The summed E-state index contributed by atoms with van der Waals surface area (Å²) in [6.07, 6.45) is 0.868. The molecule has 1 atom stereocenters. The van der Waals surface area contributed by atoms with Gasteiger partial charge in [-0.15, -0.1) is 11.3 Å². The average Bonchev–Trinajstić information content (AvgIpc) is 2.86. The van der Waals surface area contributed by atoms with Crippen molar-refractivity contribution in [3.8, 4) is 5.75 Å². The maximum atomic E-state index is 6.15. The molecule has 90 valence electrons. The molecular weight excluding hydrogens is 230 g/mol. The first-order valence-electron chi connectivity index (χ1n) is 5.80. The lowest BCUT2D eigenvalue weighted by Gasteiger charge is -2.10. The van der Waals surface area contributed by atoms with Crippen LogP contribution >= 0.6 is 11.3 Å². The molecular formula is C14H17NOS. The molecule has 0 aliphatic heterocycles. The van der Waals surface area contributed by atoms with E-state index in [0.717, 1.165) is 12.2 Å². The first-order valence-corrected chi connectivity index (χ1v) is 6.68. The fraction of sp³-hybridized carbons (Fsp3) is 0.286. The van der Waals surface area contributed by atoms with Crippen LogP contribution in [0.3, 0.4) is 0 Å². The molecule has 0 aliphatic carbocycles. The topological polar surface area (TPSA) is 35.2 Å². The van der Waals surface area contributed by atoms with Gasteiger partial charge in [0.25, 0.3) is 0 Å². The largest absolute Gasteiger partial charge is 0.494 e. The van der Waals surface area contributed by atoms with Crippen molar-refractivity contribution in [1.29, 1.82) is 0 Å². The molecule has 0 saturated heterocycles. The Labute approximate surface area is 106 Å². The highest BCUT2D eigenvalue weighted by atomic mass is 32.1. The molecule has 0 amide bonds.